The van der Waals surface area contributed by atoms with Gasteiger partial charge in [0.05, 0.1) is 5.41 Å². The van der Waals surface area contributed by atoms with Crippen LogP contribution in [0.1, 0.15) is 59.8 Å². The SMILES string of the molecule is CCCC1C2CC(C(=O)O)(CC2(N)/C=C(/C)CC)C1C. The molecule has 0 spiro atoms. The molecule has 2 aliphatic rings. The second kappa shape index (κ2) is 5.18. The van der Waals surface area contributed by atoms with Crippen molar-refractivity contribution in [3.05, 3.63) is 11.6 Å². The van der Waals surface area contributed by atoms with E-state index < -0.39 is 16.9 Å². The highest BCUT2D eigenvalue weighted by Gasteiger charge is 2.67. The lowest BCUT2D eigenvalue weighted by Gasteiger charge is -2.43. The lowest BCUT2D eigenvalue weighted by Crippen LogP contribution is -2.52. The third kappa shape index (κ3) is 2.11. The number of rotatable bonds is 5. The van der Waals surface area contributed by atoms with Crippen molar-refractivity contribution in [1.29, 1.82) is 0 Å². The van der Waals surface area contributed by atoms with Crippen LogP contribution in [0.5, 0.6) is 0 Å². The van der Waals surface area contributed by atoms with Gasteiger partial charge in [0.2, 0.25) is 0 Å². The first kappa shape index (κ1) is 15.6. The van der Waals surface area contributed by atoms with Gasteiger partial charge in [-0.2, -0.15) is 0 Å². The second-order valence-corrected chi connectivity index (χ2v) is 7.15. The summed E-state index contributed by atoms with van der Waals surface area (Å²) in [6, 6.07) is 0. The van der Waals surface area contributed by atoms with E-state index in [0.29, 0.717) is 18.3 Å². The van der Waals surface area contributed by atoms with Gasteiger partial charge in [-0.05, 0) is 43.9 Å². The highest BCUT2D eigenvalue weighted by molar-refractivity contribution is 5.77. The number of fused-ring (bicyclic) bond motifs is 2. The molecule has 2 saturated carbocycles. The predicted octanol–water partition coefficient (Wildman–Crippen LogP) is 3.59. The first-order valence-corrected chi connectivity index (χ1v) is 8.01. The standard InChI is InChI=1S/C17H29NO2/c1-5-7-13-12(4)16(15(19)20)9-14(13)17(18,10-16)8-11(3)6-2/h8,12-14H,5-7,9-10,18H2,1-4H3,(H,19,20)/b11-8-. The largest absolute Gasteiger partial charge is 0.481 e. The minimum absolute atomic E-state index is 0.247. The van der Waals surface area contributed by atoms with Gasteiger partial charge in [0.25, 0.3) is 0 Å². The summed E-state index contributed by atoms with van der Waals surface area (Å²) in [5.41, 5.74) is 6.96. The molecule has 2 bridgehead atoms. The predicted molar refractivity (Wildman–Crippen MR) is 81.3 cm³/mol. The van der Waals surface area contributed by atoms with Crippen molar-refractivity contribution in [3.63, 3.8) is 0 Å². The molecule has 0 saturated heterocycles. The molecule has 2 rings (SSSR count). The van der Waals surface area contributed by atoms with E-state index >= 15 is 0 Å². The highest BCUT2D eigenvalue weighted by atomic mass is 16.4. The van der Waals surface area contributed by atoms with Gasteiger partial charge in [0.1, 0.15) is 0 Å². The Morgan fingerprint density at radius 3 is 2.55 bits per heavy atom. The molecule has 0 amide bonds. The van der Waals surface area contributed by atoms with Gasteiger partial charge >= 0.3 is 5.97 Å². The number of nitrogens with two attached hydrogens (primary N) is 1. The summed E-state index contributed by atoms with van der Waals surface area (Å²) >= 11 is 0. The highest BCUT2D eigenvalue weighted by Crippen LogP contribution is 2.65. The zero-order valence-electron chi connectivity index (χ0n) is 13.3. The van der Waals surface area contributed by atoms with E-state index in [-0.39, 0.29) is 5.92 Å². The van der Waals surface area contributed by atoms with Crippen molar-refractivity contribution in [1.82, 2.24) is 0 Å². The molecule has 0 aromatic heterocycles. The molecule has 2 aliphatic carbocycles. The molecule has 3 N–H and O–H groups in total. The maximum atomic E-state index is 11.9. The van der Waals surface area contributed by atoms with Gasteiger partial charge in [-0.1, -0.05) is 45.3 Å². The average Bonchev–Trinajstić information content (AvgIpc) is 2.83. The lowest BCUT2D eigenvalue weighted by atomic mass is 9.63. The zero-order chi connectivity index (χ0) is 15.1. The van der Waals surface area contributed by atoms with Crippen LogP contribution in [0.2, 0.25) is 0 Å². The molecule has 5 unspecified atom stereocenters. The Morgan fingerprint density at radius 2 is 2.10 bits per heavy atom. The van der Waals surface area contributed by atoms with Gasteiger partial charge in [-0.3, -0.25) is 4.79 Å². The third-order valence-corrected chi connectivity index (χ3v) is 6.05. The Morgan fingerprint density at radius 1 is 1.45 bits per heavy atom. The molecule has 3 nitrogen and oxygen atoms in total. The Bertz CT molecular complexity index is 431. The smallest absolute Gasteiger partial charge is 0.310 e. The molecule has 0 aliphatic heterocycles. The summed E-state index contributed by atoms with van der Waals surface area (Å²) in [7, 11) is 0. The average molecular weight is 279 g/mol. The number of aliphatic carboxylic acids is 1. The molecule has 20 heavy (non-hydrogen) atoms. The van der Waals surface area contributed by atoms with Gasteiger partial charge in [0.15, 0.2) is 0 Å². The number of hydrogen-bond donors (Lipinski definition) is 2. The molecule has 3 heteroatoms. The summed E-state index contributed by atoms with van der Waals surface area (Å²) in [4.78, 5) is 11.9. The quantitative estimate of drug-likeness (QED) is 0.756. The van der Waals surface area contributed by atoms with Crippen LogP contribution in [0.15, 0.2) is 11.6 Å². The van der Waals surface area contributed by atoms with Crippen LogP contribution in [0.25, 0.3) is 0 Å². The molecule has 2 fully saturated rings. The maximum Gasteiger partial charge on any atom is 0.310 e. The van der Waals surface area contributed by atoms with Crippen molar-refractivity contribution < 1.29 is 9.90 Å². The van der Waals surface area contributed by atoms with E-state index in [0.717, 1.165) is 25.7 Å². The second-order valence-electron chi connectivity index (χ2n) is 7.15. The zero-order valence-corrected chi connectivity index (χ0v) is 13.3. The van der Waals surface area contributed by atoms with Crippen molar-refractivity contribution in [2.75, 3.05) is 0 Å². The van der Waals surface area contributed by atoms with E-state index in [9.17, 15) is 9.90 Å². The van der Waals surface area contributed by atoms with Crippen LogP contribution in [0, 0.1) is 23.2 Å². The fourth-order valence-corrected chi connectivity index (χ4v) is 4.85. The fraction of sp³-hybridized carbons (Fsp3) is 0.824. The summed E-state index contributed by atoms with van der Waals surface area (Å²) in [5.74, 6) is 0.395. The summed E-state index contributed by atoms with van der Waals surface area (Å²) in [5, 5.41) is 9.79. The van der Waals surface area contributed by atoms with E-state index in [4.69, 9.17) is 5.73 Å². The van der Waals surface area contributed by atoms with Crippen LogP contribution in [-0.4, -0.2) is 16.6 Å². The topological polar surface area (TPSA) is 63.3 Å². The van der Waals surface area contributed by atoms with E-state index in [2.05, 4.69) is 33.8 Å². The van der Waals surface area contributed by atoms with Crippen LogP contribution < -0.4 is 5.73 Å². The molecule has 114 valence electrons. The molecule has 0 aromatic carbocycles. The van der Waals surface area contributed by atoms with Crippen molar-refractivity contribution in [2.45, 2.75) is 65.3 Å². The van der Waals surface area contributed by atoms with Crippen molar-refractivity contribution >= 4 is 5.97 Å². The molecular weight excluding hydrogens is 250 g/mol. The van der Waals surface area contributed by atoms with Gasteiger partial charge in [0, 0.05) is 5.54 Å². The third-order valence-electron chi connectivity index (χ3n) is 6.05. The van der Waals surface area contributed by atoms with E-state index in [1.165, 1.54) is 5.57 Å². The minimum atomic E-state index is -0.636. The van der Waals surface area contributed by atoms with E-state index in [1.54, 1.807) is 0 Å². The van der Waals surface area contributed by atoms with Crippen LogP contribution in [0.3, 0.4) is 0 Å². The molecular formula is C17H29NO2. The molecule has 0 radical (unpaired) electrons. The van der Waals surface area contributed by atoms with Crippen LogP contribution in [0.4, 0.5) is 0 Å². The van der Waals surface area contributed by atoms with Crippen molar-refractivity contribution in [2.24, 2.45) is 28.9 Å². The fourth-order valence-electron chi connectivity index (χ4n) is 4.85. The summed E-state index contributed by atoms with van der Waals surface area (Å²) < 4.78 is 0. The van der Waals surface area contributed by atoms with E-state index in [1.807, 2.05) is 0 Å². The van der Waals surface area contributed by atoms with Gasteiger partial charge in [-0.15, -0.1) is 0 Å². The van der Waals surface area contributed by atoms with Crippen LogP contribution >= 0.6 is 0 Å². The minimum Gasteiger partial charge on any atom is -0.481 e. The van der Waals surface area contributed by atoms with Crippen molar-refractivity contribution in [3.8, 4) is 0 Å². The summed E-state index contributed by atoms with van der Waals surface area (Å²) in [6.45, 7) is 8.54. The number of allylic oxidation sites excluding steroid dienone is 1. The maximum absolute atomic E-state index is 11.9. The number of carboxylic acid groups (broad SMARTS) is 1. The number of carboxylic acids is 1. The van der Waals surface area contributed by atoms with Gasteiger partial charge in [-0.25, -0.2) is 0 Å². The number of hydrogen-bond acceptors (Lipinski definition) is 2. The lowest BCUT2D eigenvalue weighted by molar-refractivity contribution is -0.152. The summed E-state index contributed by atoms with van der Waals surface area (Å²) in [6.07, 6.45) is 6.74. The number of carbonyl (C=O) groups is 1. The Hall–Kier alpha value is -0.830. The molecule has 5 atom stereocenters. The Labute approximate surface area is 122 Å². The first-order chi connectivity index (χ1) is 9.30. The normalized spacial score (nSPS) is 44.0. The Balaban J connectivity index is 2.40. The molecule has 0 aromatic rings. The Kier molecular flexibility index (Phi) is 4.03. The van der Waals surface area contributed by atoms with Gasteiger partial charge < -0.3 is 10.8 Å². The van der Waals surface area contributed by atoms with Crippen LogP contribution in [-0.2, 0) is 4.79 Å². The first-order valence-electron chi connectivity index (χ1n) is 8.01. The monoisotopic (exact) mass is 279 g/mol. The molecule has 0 heterocycles.